The molecule has 0 saturated carbocycles. The molecular formula is C11H24N2OS2. The van der Waals surface area contributed by atoms with Gasteiger partial charge in [0.1, 0.15) is 0 Å². The Hall–Kier alpha value is -0.0000000000000000486. The van der Waals surface area contributed by atoms with Crippen molar-refractivity contribution in [1.29, 1.82) is 0 Å². The fraction of sp³-hybridized carbons (Fsp3) is 0.909. The van der Waals surface area contributed by atoms with Gasteiger partial charge in [0.15, 0.2) is 5.11 Å². The van der Waals surface area contributed by atoms with Gasteiger partial charge in [0.2, 0.25) is 0 Å². The number of hydrogen-bond acceptors (Lipinski definition) is 3. The lowest BCUT2D eigenvalue weighted by Crippen LogP contribution is -2.44. The van der Waals surface area contributed by atoms with Crippen molar-refractivity contribution in [3.8, 4) is 0 Å². The normalized spacial score (nSPS) is 12.2. The summed E-state index contributed by atoms with van der Waals surface area (Å²) in [5.74, 6) is 1.12. The van der Waals surface area contributed by atoms with Gasteiger partial charge in [0.05, 0.1) is 0 Å². The predicted octanol–water partition coefficient (Wildman–Crippen LogP) is 1.97. The van der Waals surface area contributed by atoms with Crippen molar-refractivity contribution in [2.45, 2.75) is 25.8 Å². The fourth-order valence-corrected chi connectivity index (χ4v) is 2.49. The van der Waals surface area contributed by atoms with Crippen molar-refractivity contribution >= 4 is 29.1 Å². The van der Waals surface area contributed by atoms with Crippen LogP contribution in [-0.2, 0) is 4.74 Å². The molecule has 3 nitrogen and oxygen atoms in total. The second-order valence-electron chi connectivity index (χ2n) is 3.71. The molecule has 0 aromatic rings. The number of hydrogen-bond donors (Lipinski definition) is 1. The van der Waals surface area contributed by atoms with Crippen LogP contribution in [0.2, 0.25) is 0 Å². The Morgan fingerprint density at radius 1 is 1.56 bits per heavy atom. The number of methoxy groups -OCH3 is 1. The summed E-state index contributed by atoms with van der Waals surface area (Å²) in [5, 5.41) is 4.10. The third-order valence-corrected chi connectivity index (χ3v) is 3.65. The first-order chi connectivity index (χ1) is 7.67. The number of nitrogens with one attached hydrogen (secondary N) is 1. The SMILES string of the molecule is CCC(CSC)N(C)C(=S)NCCCOC. The number of nitrogens with zero attached hydrogens (tertiary/aromatic N) is 1. The lowest BCUT2D eigenvalue weighted by atomic mass is 10.2. The topological polar surface area (TPSA) is 24.5 Å². The minimum atomic E-state index is 0.525. The molecule has 1 unspecified atom stereocenters. The van der Waals surface area contributed by atoms with Gasteiger partial charge >= 0.3 is 0 Å². The molecule has 0 rings (SSSR count). The van der Waals surface area contributed by atoms with E-state index in [9.17, 15) is 0 Å². The van der Waals surface area contributed by atoms with Gasteiger partial charge in [-0.2, -0.15) is 11.8 Å². The molecule has 0 aromatic carbocycles. The number of ether oxygens (including phenoxy) is 1. The molecule has 0 spiro atoms. The van der Waals surface area contributed by atoms with E-state index in [0.29, 0.717) is 6.04 Å². The van der Waals surface area contributed by atoms with Crippen molar-refractivity contribution in [3.63, 3.8) is 0 Å². The van der Waals surface area contributed by atoms with Crippen molar-refractivity contribution in [2.24, 2.45) is 0 Å². The Bertz CT molecular complexity index is 191. The van der Waals surface area contributed by atoms with E-state index in [1.807, 2.05) is 11.8 Å². The van der Waals surface area contributed by atoms with E-state index in [1.54, 1.807) is 7.11 Å². The Morgan fingerprint density at radius 2 is 2.25 bits per heavy atom. The van der Waals surface area contributed by atoms with Crippen LogP contribution in [0.15, 0.2) is 0 Å². The highest BCUT2D eigenvalue weighted by molar-refractivity contribution is 7.98. The van der Waals surface area contributed by atoms with E-state index in [4.69, 9.17) is 17.0 Å². The van der Waals surface area contributed by atoms with Crippen LogP contribution in [0.5, 0.6) is 0 Å². The van der Waals surface area contributed by atoms with Gasteiger partial charge in [-0.1, -0.05) is 6.92 Å². The molecule has 0 heterocycles. The van der Waals surface area contributed by atoms with Crippen molar-refractivity contribution in [2.75, 3.05) is 39.3 Å². The first-order valence-electron chi connectivity index (χ1n) is 5.65. The van der Waals surface area contributed by atoms with Crippen LogP contribution in [0, 0.1) is 0 Å². The summed E-state index contributed by atoms with van der Waals surface area (Å²) in [4.78, 5) is 2.17. The van der Waals surface area contributed by atoms with Crippen LogP contribution in [0.1, 0.15) is 19.8 Å². The highest BCUT2D eigenvalue weighted by atomic mass is 32.2. The summed E-state index contributed by atoms with van der Waals surface area (Å²) >= 11 is 7.21. The third-order valence-electron chi connectivity index (χ3n) is 2.50. The zero-order valence-corrected chi connectivity index (χ0v) is 12.4. The van der Waals surface area contributed by atoms with Crippen LogP contribution in [-0.4, -0.2) is 55.4 Å². The van der Waals surface area contributed by atoms with Crippen LogP contribution in [0.25, 0.3) is 0 Å². The molecule has 0 aliphatic rings. The number of thioether (sulfide) groups is 1. The van der Waals surface area contributed by atoms with Gasteiger partial charge in [-0.3, -0.25) is 0 Å². The summed E-state index contributed by atoms with van der Waals surface area (Å²) in [6.07, 6.45) is 4.24. The van der Waals surface area contributed by atoms with Crippen molar-refractivity contribution in [3.05, 3.63) is 0 Å². The Labute approximate surface area is 109 Å². The van der Waals surface area contributed by atoms with Crippen LogP contribution in [0.4, 0.5) is 0 Å². The van der Waals surface area contributed by atoms with E-state index >= 15 is 0 Å². The highest BCUT2D eigenvalue weighted by Gasteiger charge is 2.14. The van der Waals surface area contributed by atoms with E-state index in [1.165, 1.54) is 0 Å². The van der Waals surface area contributed by atoms with Crippen LogP contribution in [0.3, 0.4) is 0 Å². The van der Waals surface area contributed by atoms with Crippen molar-refractivity contribution in [1.82, 2.24) is 10.2 Å². The zero-order chi connectivity index (χ0) is 12.4. The Morgan fingerprint density at radius 3 is 2.75 bits per heavy atom. The summed E-state index contributed by atoms with van der Waals surface area (Å²) in [5.41, 5.74) is 0. The first kappa shape index (κ1) is 16.0. The Balaban J connectivity index is 3.86. The van der Waals surface area contributed by atoms with Gasteiger partial charge in [0, 0.05) is 39.1 Å². The monoisotopic (exact) mass is 264 g/mol. The standard InChI is InChI=1S/C11H24N2OS2/c1-5-10(9-16-4)13(2)11(15)12-7-6-8-14-3/h10H,5-9H2,1-4H3,(H,12,15). The molecule has 0 aliphatic heterocycles. The lowest BCUT2D eigenvalue weighted by Gasteiger charge is -2.29. The summed E-state index contributed by atoms with van der Waals surface area (Å²) < 4.78 is 4.99. The lowest BCUT2D eigenvalue weighted by molar-refractivity contribution is 0.195. The summed E-state index contributed by atoms with van der Waals surface area (Å²) in [6.45, 7) is 3.86. The molecule has 0 aromatic heterocycles. The number of thiocarbonyl (C=S) groups is 1. The molecule has 0 bridgehead atoms. The van der Waals surface area contributed by atoms with E-state index < -0.39 is 0 Å². The maximum atomic E-state index is 5.35. The van der Waals surface area contributed by atoms with Gasteiger partial charge < -0.3 is 15.0 Å². The molecule has 1 N–H and O–H groups in total. The first-order valence-corrected chi connectivity index (χ1v) is 7.46. The maximum Gasteiger partial charge on any atom is 0.168 e. The zero-order valence-electron chi connectivity index (χ0n) is 10.8. The predicted molar refractivity (Wildman–Crippen MR) is 77.3 cm³/mol. The molecule has 0 amide bonds. The second kappa shape index (κ2) is 10.2. The van der Waals surface area contributed by atoms with Gasteiger partial charge in [-0.05, 0) is 31.3 Å². The largest absolute Gasteiger partial charge is 0.385 e. The molecule has 1 atom stereocenters. The minimum Gasteiger partial charge on any atom is -0.385 e. The molecule has 0 aliphatic carbocycles. The number of rotatable bonds is 8. The van der Waals surface area contributed by atoms with E-state index in [2.05, 4.69) is 30.4 Å². The van der Waals surface area contributed by atoms with E-state index in [0.717, 1.165) is 36.9 Å². The fourth-order valence-electron chi connectivity index (χ4n) is 1.40. The molecule has 16 heavy (non-hydrogen) atoms. The van der Waals surface area contributed by atoms with Gasteiger partial charge in [0.25, 0.3) is 0 Å². The average Bonchev–Trinajstić information content (AvgIpc) is 2.30. The molecule has 5 heteroatoms. The summed E-state index contributed by atoms with van der Waals surface area (Å²) in [6, 6.07) is 0.525. The van der Waals surface area contributed by atoms with Gasteiger partial charge in [-0.25, -0.2) is 0 Å². The van der Waals surface area contributed by atoms with E-state index in [-0.39, 0.29) is 0 Å². The molecule has 0 saturated heterocycles. The van der Waals surface area contributed by atoms with Crippen molar-refractivity contribution < 1.29 is 4.74 Å². The molecule has 96 valence electrons. The Kier molecular flexibility index (Phi) is 10.2. The molecule has 0 radical (unpaired) electrons. The minimum absolute atomic E-state index is 0.525. The third kappa shape index (κ3) is 6.55. The summed E-state index contributed by atoms with van der Waals surface area (Å²) in [7, 11) is 3.78. The van der Waals surface area contributed by atoms with Crippen LogP contribution < -0.4 is 5.32 Å². The average molecular weight is 264 g/mol. The van der Waals surface area contributed by atoms with Crippen LogP contribution >= 0.6 is 24.0 Å². The maximum absolute atomic E-state index is 5.35. The molecule has 0 fully saturated rings. The second-order valence-corrected chi connectivity index (χ2v) is 5.00. The quantitative estimate of drug-likeness (QED) is 0.534. The smallest absolute Gasteiger partial charge is 0.168 e. The van der Waals surface area contributed by atoms with Gasteiger partial charge in [-0.15, -0.1) is 0 Å². The highest BCUT2D eigenvalue weighted by Crippen LogP contribution is 2.08. The molecular weight excluding hydrogens is 240 g/mol.